The Hall–Kier alpha value is -0.610. The first-order chi connectivity index (χ1) is 9.67. The first-order valence-corrected chi connectivity index (χ1v) is 8.27. The standard InChI is InChI=1S/C16H27NO3/c18-15(19)4-3-13-5-9-17(12-13)14-6-10-20-16(11-14)7-1-2-8-16/h13-14H,1-12H2,(H,18,19). The van der Waals surface area contributed by atoms with Crippen LogP contribution in [0.1, 0.15) is 57.8 Å². The van der Waals surface area contributed by atoms with Gasteiger partial charge in [-0.15, -0.1) is 0 Å². The molecule has 1 aliphatic carbocycles. The van der Waals surface area contributed by atoms with Crippen molar-refractivity contribution < 1.29 is 14.6 Å². The van der Waals surface area contributed by atoms with Crippen LogP contribution in [0.4, 0.5) is 0 Å². The summed E-state index contributed by atoms with van der Waals surface area (Å²) < 4.78 is 6.12. The van der Waals surface area contributed by atoms with Crippen LogP contribution in [0.5, 0.6) is 0 Å². The van der Waals surface area contributed by atoms with Crippen LogP contribution in [0.15, 0.2) is 0 Å². The van der Waals surface area contributed by atoms with E-state index in [1.165, 1.54) is 38.5 Å². The van der Waals surface area contributed by atoms with Crippen molar-refractivity contribution in [2.45, 2.75) is 69.4 Å². The first-order valence-electron chi connectivity index (χ1n) is 8.27. The molecule has 1 spiro atoms. The van der Waals surface area contributed by atoms with E-state index in [1.54, 1.807) is 0 Å². The number of likely N-dealkylation sites (tertiary alicyclic amines) is 1. The molecular formula is C16H27NO3. The second-order valence-corrected chi connectivity index (χ2v) is 6.97. The fourth-order valence-corrected chi connectivity index (χ4v) is 4.44. The fraction of sp³-hybridized carbons (Fsp3) is 0.938. The van der Waals surface area contributed by atoms with E-state index in [0.29, 0.717) is 18.4 Å². The van der Waals surface area contributed by atoms with Crippen LogP contribution in [0.25, 0.3) is 0 Å². The lowest BCUT2D eigenvalue weighted by molar-refractivity contribution is -0.137. The Morgan fingerprint density at radius 3 is 2.85 bits per heavy atom. The molecule has 3 fully saturated rings. The predicted octanol–water partition coefficient (Wildman–Crippen LogP) is 2.66. The van der Waals surface area contributed by atoms with Gasteiger partial charge in [0.25, 0.3) is 0 Å². The van der Waals surface area contributed by atoms with Gasteiger partial charge in [0.2, 0.25) is 0 Å². The van der Waals surface area contributed by atoms with Gasteiger partial charge in [-0.1, -0.05) is 12.8 Å². The molecule has 3 aliphatic rings. The molecule has 0 aromatic rings. The van der Waals surface area contributed by atoms with Gasteiger partial charge in [0.1, 0.15) is 0 Å². The molecule has 3 rings (SSSR count). The van der Waals surface area contributed by atoms with Crippen molar-refractivity contribution in [1.29, 1.82) is 0 Å². The van der Waals surface area contributed by atoms with Gasteiger partial charge in [-0.25, -0.2) is 0 Å². The van der Waals surface area contributed by atoms with E-state index >= 15 is 0 Å². The molecule has 0 bridgehead atoms. The molecule has 2 atom stereocenters. The molecule has 4 nitrogen and oxygen atoms in total. The molecule has 1 saturated carbocycles. The second-order valence-electron chi connectivity index (χ2n) is 6.97. The van der Waals surface area contributed by atoms with Crippen LogP contribution in [0, 0.1) is 5.92 Å². The average molecular weight is 281 g/mol. The number of hydrogen-bond donors (Lipinski definition) is 1. The van der Waals surface area contributed by atoms with E-state index in [1.807, 2.05) is 0 Å². The zero-order valence-electron chi connectivity index (χ0n) is 12.4. The van der Waals surface area contributed by atoms with Crippen LogP contribution >= 0.6 is 0 Å². The van der Waals surface area contributed by atoms with E-state index in [-0.39, 0.29) is 5.60 Å². The van der Waals surface area contributed by atoms with Gasteiger partial charge in [-0.2, -0.15) is 0 Å². The van der Waals surface area contributed by atoms with Crippen molar-refractivity contribution in [3.63, 3.8) is 0 Å². The Morgan fingerprint density at radius 1 is 1.30 bits per heavy atom. The van der Waals surface area contributed by atoms with E-state index in [0.717, 1.165) is 32.5 Å². The van der Waals surface area contributed by atoms with Gasteiger partial charge >= 0.3 is 5.97 Å². The minimum absolute atomic E-state index is 0.196. The Bertz CT molecular complexity index is 352. The summed E-state index contributed by atoms with van der Waals surface area (Å²) in [5.74, 6) is -0.0621. The number of nitrogens with zero attached hydrogens (tertiary/aromatic N) is 1. The molecule has 0 aromatic heterocycles. The second kappa shape index (κ2) is 6.02. The third-order valence-corrected chi connectivity index (χ3v) is 5.58. The van der Waals surface area contributed by atoms with Crippen molar-refractivity contribution in [3.05, 3.63) is 0 Å². The van der Waals surface area contributed by atoms with Crippen molar-refractivity contribution in [2.24, 2.45) is 5.92 Å². The largest absolute Gasteiger partial charge is 0.481 e. The van der Waals surface area contributed by atoms with Crippen LogP contribution in [0.3, 0.4) is 0 Å². The Kier molecular flexibility index (Phi) is 4.32. The number of aliphatic carboxylic acids is 1. The summed E-state index contributed by atoms with van der Waals surface area (Å²) in [5.41, 5.74) is 0.196. The number of carboxylic acids is 1. The number of rotatable bonds is 4. The third-order valence-electron chi connectivity index (χ3n) is 5.58. The molecule has 114 valence electrons. The van der Waals surface area contributed by atoms with E-state index in [2.05, 4.69) is 4.90 Å². The molecule has 2 saturated heterocycles. The topological polar surface area (TPSA) is 49.8 Å². The highest BCUT2D eigenvalue weighted by Crippen LogP contribution is 2.42. The number of carboxylic acid groups (broad SMARTS) is 1. The Morgan fingerprint density at radius 2 is 2.10 bits per heavy atom. The molecule has 1 N–H and O–H groups in total. The fourth-order valence-electron chi connectivity index (χ4n) is 4.44. The number of ether oxygens (including phenoxy) is 1. The van der Waals surface area contributed by atoms with Crippen molar-refractivity contribution >= 4 is 5.97 Å². The smallest absolute Gasteiger partial charge is 0.303 e. The molecule has 4 heteroatoms. The first kappa shape index (κ1) is 14.3. The van der Waals surface area contributed by atoms with Crippen molar-refractivity contribution in [2.75, 3.05) is 19.7 Å². The van der Waals surface area contributed by atoms with Crippen LogP contribution in [0.2, 0.25) is 0 Å². The third kappa shape index (κ3) is 3.17. The summed E-state index contributed by atoms with van der Waals surface area (Å²) in [7, 11) is 0. The minimum Gasteiger partial charge on any atom is -0.481 e. The molecule has 2 aliphatic heterocycles. The van der Waals surface area contributed by atoms with Crippen molar-refractivity contribution in [3.8, 4) is 0 Å². The summed E-state index contributed by atoms with van der Waals surface area (Å²) in [6.45, 7) is 3.18. The molecule has 0 aromatic carbocycles. The molecule has 20 heavy (non-hydrogen) atoms. The highest BCUT2D eigenvalue weighted by atomic mass is 16.5. The quantitative estimate of drug-likeness (QED) is 0.860. The lowest BCUT2D eigenvalue weighted by atomic mass is 9.88. The van der Waals surface area contributed by atoms with Gasteiger partial charge in [0.15, 0.2) is 0 Å². The zero-order valence-corrected chi connectivity index (χ0v) is 12.4. The lowest BCUT2D eigenvalue weighted by Crippen LogP contribution is -2.46. The lowest BCUT2D eigenvalue weighted by Gasteiger charge is -2.42. The Balaban J connectivity index is 1.51. The van der Waals surface area contributed by atoms with E-state index < -0.39 is 5.97 Å². The SMILES string of the molecule is O=C(O)CCC1CCN(C2CCOC3(CCCC3)C2)C1. The average Bonchev–Trinajstić information content (AvgIpc) is 3.06. The van der Waals surface area contributed by atoms with Crippen LogP contribution in [-0.4, -0.2) is 47.3 Å². The zero-order chi connectivity index (χ0) is 14.0. The van der Waals surface area contributed by atoms with Gasteiger partial charge in [0, 0.05) is 25.6 Å². The maximum Gasteiger partial charge on any atom is 0.303 e. The van der Waals surface area contributed by atoms with Crippen LogP contribution in [-0.2, 0) is 9.53 Å². The number of hydrogen-bond acceptors (Lipinski definition) is 3. The van der Waals surface area contributed by atoms with Crippen molar-refractivity contribution in [1.82, 2.24) is 4.90 Å². The predicted molar refractivity (Wildman–Crippen MR) is 76.7 cm³/mol. The maximum absolute atomic E-state index is 10.7. The summed E-state index contributed by atoms with van der Waals surface area (Å²) in [5, 5.41) is 8.80. The van der Waals surface area contributed by atoms with Gasteiger partial charge in [-0.05, 0) is 51.0 Å². The van der Waals surface area contributed by atoms with Gasteiger partial charge in [0.05, 0.1) is 5.60 Å². The minimum atomic E-state index is -0.653. The highest BCUT2D eigenvalue weighted by molar-refractivity contribution is 5.66. The normalized spacial score (nSPS) is 33.8. The summed E-state index contributed by atoms with van der Waals surface area (Å²) in [4.78, 5) is 13.3. The molecular weight excluding hydrogens is 254 g/mol. The molecule has 0 radical (unpaired) electrons. The highest BCUT2D eigenvalue weighted by Gasteiger charge is 2.42. The number of carbonyl (C=O) groups is 1. The summed E-state index contributed by atoms with van der Waals surface area (Å²) in [6.07, 6.45) is 9.88. The van der Waals surface area contributed by atoms with Crippen LogP contribution < -0.4 is 0 Å². The molecule has 0 amide bonds. The monoisotopic (exact) mass is 281 g/mol. The maximum atomic E-state index is 10.7. The van der Waals surface area contributed by atoms with E-state index in [4.69, 9.17) is 9.84 Å². The van der Waals surface area contributed by atoms with Gasteiger partial charge < -0.3 is 9.84 Å². The molecule has 2 heterocycles. The van der Waals surface area contributed by atoms with E-state index in [9.17, 15) is 4.79 Å². The molecule has 2 unspecified atom stereocenters. The van der Waals surface area contributed by atoms with Gasteiger partial charge in [-0.3, -0.25) is 9.69 Å². The summed E-state index contributed by atoms with van der Waals surface area (Å²) in [6, 6.07) is 0.677. The Labute approximate surface area is 121 Å². The summed E-state index contributed by atoms with van der Waals surface area (Å²) >= 11 is 0.